The lowest BCUT2D eigenvalue weighted by atomic mass is 9.99. The number of pyridine rings is 1. The highest BCUT2D eigenvalue weighted by atomic mass is 35.5. The van der Waals surface area contributed by atoms with E-state index in [1.54, 1.807) is 12.3 Å². The molecular formula is C15H18Cl2N4. The van der Waals surface area contributed by atoms with E-state index in [-0.39, 0.29) is 0 Å². The Morgan fingerprint density at radius 2 is 1.81 bits per heavy atom. The first-order valence-electron chi connectivity index (χ1n) is 6.78. The second kappa shape index (κ2) is 6.69. The quantitative estimate of drug-likeness (QED) is 0.933. The molecule has 1 unspecified atom stereocenters. The summed E-state index contributed by atoms with van der Waals surface area (Å²) >= 11 is 12.0. The second-order valence-electron chi connectivity index (χ2n) is 5.23. The van der Waals surface area contributed by atoms with Gasteiger partial charge in [-0.3, -0.25) is 0 Å². The highest BCUT2D eigenvalue weighted by molar-refractivity contribution is 6.35. The third-order valence-electron chi connectivity index (χ3n) is 3.40. The summed E-state index contributed by atoms with van der Waals surface area (Å²) in [5.74, 6) is 0.921. The average Bonchev–Trinajstić information content (AvgIpc) is 2.42. The zero-order valence-corrected chi connectivity index (χ0v) is 13.8. The fraction of sp³-hybridized carbons (Fsp3) is 0.400. The number of aryl methyl sites for hydroxylation is 2. The molecule has 0 saturated carbocycles. The molecule has 0 fully saturated rings. The Kier molecular flexibility index (Phi) is 5.14. The van der Waals surface area contributed by atoms with Crippen molar-refractivity contribution in [2.24, 2.45) is 11.7 Å². The summed E-state index contributed by atoms with van der Waals surface area (Å²) in [7, 11) is 0. The van der Waals surface area contributed by atoms with Gasteiger partial charge >= 0.3 is 0 Å². The maximum atomic E-state index is 6.17. The summed E-state index contributed by atoms with van der Waals surface area (Å²) in [4.78, 5) is 13.3. The molecule has 0 aliphatic heterocycles. The highest BCUT2D eigenvalue weighted by Crippen LogP contribution is 2.27. The largest absolute Gasteiger partial charge is 0.330 e. The minimum Gasteiger partial charge on any atom is -0.330 e. The third kappa shape index (κ3) is 3.70. The molecule has 2 aromatic heterocycles. The number of hydrogen-bond donors (Lipinski definition) is 1. The van der Waals surface area contributed by atoms with Crippen molar-refractivity contribution in [2.75, 3.05) is 6.54 Å². The molecule has 2 rings (SSSR count). The minimum absolute atomic E-state index is 0.397. The summed E-state index contributed by atoms with van der Waals surface area (Å²) < 4.78 is 0. The van der Waals surface area contributed by atoms with Crippen LogP contribution in [-0.4, -0.2) is 21.5 Å². The van der Waals surface area contributed by atoms with Crippen molar-refractivity contribution in [3.63, 3.8) is 0 Å². The molecule has 0 aliphatic rings. The van der Waals surface area contributed by atoms with Crippen LogP contribution < -0.4 is 5.73 Å². The molecule has 2 heterocycles. The molecule has 1 atom stereocenters. The zero-order valence-electron chi connectivity index (χ0n) is 12.3. The first kappa shape index (κ1) is 16.1. The highest BCUT2D eigenvalue weighted by Gasteiger charge is 2.15. The molecule has 0 spiro atoms. The van der Waals surface area contributed by atoms with Crippen LogP contribution in [0.3, 0.4) is 0 Å². The first-order chi connectivity index (χ1) is 9.92. The zero-order chi connectivity index (χ0) is 15.6. The molecular weight excluding hydrogens is 307 g/mol. The van der Waals surface area contributed by atoms with Gasteiger partial charge in [0.25, 0.3) is 0 Å². The SMILES string of the molecule is Cc1nc(-c2ncc(Cl)cc2Cl)nc(C)c1CC(C)CN. The lowest BCUT2D eigenvalue weighted by Gasteiger charge is -2.14. The molecule has 4 nitrogen and oxygen atoms in total. The Hall–Kier alpha value is -1.23. The molecule has 0 saturated heterocycles. The van der Waals surface area contributed by atoms with Gasteiger partial charge < -0.3 is 5.73 Å². The Morgan fingerprint density at radius 3 is 2.33 bits per heavy atom. The summed E-state index contributed by atoms with van der Waals surface area (Å²) in [5.41, 5.74) is 9.25. The Bertz CT molecular complexity index is 635. The van der Waals surface area contributed by atoms with E-state index in [2.05, 4.69) is 21.9 Å². The van der Waals surface area contributed by atoms with Crippen LogP contribution in [0.15, 0.2) is 12.3 Å². The maximum absolute atomic E-state index is 6.17. The molecule has 0 bridgehead atoms. The molecule has 21 heavy (non-hydrogen) atoms. The Labute approximate surface area is 134 Å². The minimum atomic E-state index is 0.397. The fourth-order valence-corrected chi connectivity index (χ4v) is 2.62. The van der Waals surface area contributed by atoms with Gasteiger partial charge in [0.05, 0.1) is 10.0 Å². The molecule has 0 amide bonds. The van der Waals surface area contributed by atoms with Crippen LogP contribution in [0.1, 0.15) is 23.9 Å². The predicted octanol–water partition coefficient (Wildman–Crippen LogP) is 3.60. The number of nitrogens with zero attached hydrogens (tertiary/aromatic N) is 3. The van der Waals surface area contributed by atoms with Crippen molar-refractivity contribution in [2.45, 2.75) is 27.2 Å². The maximum Gasteiger partial charge on any atom is 0.180 e. The molecule has 0 radical (unpaired) electrons. The number of nitrogens with two attached hydrogens (primary N) is 1. The standard InChI is InChI=1S/C15H18Cl2N4/c1-8(6-18)4-12-9(2)20-15(21-10(12)3)14-13(17)5-11(16)7-19-14/h5,7-8H,4,6,18H2,1-3H3. The van der Waals surface area contributed by atoms with Crippen molar-refractivity contribution < 1.29 is 0 Å². The van der Waals surface area contributed by atoms with Crippen molar-refractivity contribution in [1.29, 1.82) is 0 Å². The molecule has 0 aromatic carbocycles. The van der Waals surface area contributed by atoms with Crippen molar-refractivity contribution in [1.82, 2.24) is 15.0 Å². The van der Waals surface area contributed by atoms with E-state index in [1.807, 2.05) is 13.8 Å². The Balaban J connectivity index is 2.44. The van der Waals surface area contributed by atoms with Gasteiger partial charge in [0.1, 0.15) is 5.69 Å². The van der Waals surface area contributed by atoms with Crippen molar-refractivity contribution >= 4 is 23.2 Å². The van der Waals surface area contributed by atoms with Gasteiger partial charge in [-0.25, -0.2) is 15.0 Å². The van der Waals surface area contributed by atoms with E-state index in [1.165, 1.54) is 0 Å². The van der Waals surface area contributed by atoms with E-state index < -0.39 is 0 Å². The number of aromatic nitrogens is 3. The first-order valence-corrected chi connectivity index (χ1v) is 7.53. The molecule has 2 N–H and O–H groups in total. The van der Waals surface area contributed by atoms with Crippen LogP contribution in [0.4, 0.5) is 0 Å². The summed E-state index contributed by atoms with van der Waals surface area (Å²) in [6.07, 6.45) is 2.41. The van der Waals surface area contributed by atoms with Crippen LogP contribution in [0.2, 0.25) is 10.0 Å². The van der Waals surface area contributed by atoms with Gasteiger partial charge in [-0.2, -0.15) is 0 Å². The monoisotopic (exact) mass is 324 g/mol. The number of rotatable bonds is 4. The van der Waals surface area contributed by atoms with Gasteiger partial charge in [0.15, 0.2) is 5.82 Å². The normalized spacial score (nSPS) is 12.5. The average molecular weight is 325 g/mol. The van der Waals surface area contributed by atoms with Gasteiger partial charge in [0.2, 0.25) is 0 Å². The van der Waals surface area contributed by atoms with Gasteiger partial charge in [-0.05, 0) is 44.4 Å². The molecule has 6 heteroatoms. The van der Waals surface area contributed by atoms with Gasteiger partial charge in [-0.15, -0.1) is 0 Å². The topological polar surface area (TPSA) is 64.7 Å². The lowest BCUT2D eigenvalue weighted by Crippen LogP contribution is -2.15. The van der Waals surface area contributed by atoms with Crippen LogP contribution in [-0.2, 0) is 6.42 Å². The van der Waals surface area contributed by atoms with Crippen LogP contribution >= 0.6 is 23.2 Å². The molecule has 0 aliphatic carbocycles. The third-order valence-corrected chi connectivity index (χ3v) is 3.89. The summed E-state index contributed by atoms with van der Waals surface area (Å²) in [6, 6.07) is 1.64. The lowest BCUT2D eigenvalue weighted by molar-refractivity contribution is 0.586. The summed E-state index contributed by atoms with van der Waals surface area (Å²) in [6.45, 7) is 6.71. The van der Waals surface area contributed by atoms with Gasteiger partial charge in [-0.1, -0.05) is 30.1 Å². The van der Waals surface area contributed by atoms with E-state index in [0.29, 0.717) is 34.0 Å². The van der Waals surface area contributed by atoms with E-state index in [4.69, 9.17) is 28.9 Å². The van der Waals surface area contributed by atoms with E-state index >= 15 is 0 Å². The summed E-state index contributed by atoms with van der Waals surface area (Å²) in [5, 5.41) is 0.940. The van der Waals surface area contributed by atoms with Crippen LogP contribution in [0.5, 0.6) is 0 Å². The number of halogens is 2. The van der Waals surface area contributed by atoms with Crippen LogP contribution in [0, 0.1) is 19.8 Å². The fourth-order valence-electron chi connectivity index (χ4n) is 2.15. The van der Waals surface area contributed by atoms with Crippen molar-refractivity contribution in [3.8, 4) is 11.5 Å². The molecule has 112 valence electrons. The van der Waals surface area contributed by atoms with E-state index in [9.17, 15) is 0 Å². The molecule has 2 aromatic rings. The van der Waals surface area contributed by atoms with Crippen LogP contribution in [0.25, 0.3) is 11.5 Å². The van der Waals surface area contributed by atoms with Gasteiger partial charge in [0, 0.05) is 17.6 Å². The van der Waals surface area contributed by atoms with Crippen molar-refractivity contribution in [3.05, 3.63) is 39.3 Å². The second-order valence-corrected chi connectivity index (χ2v) is 6.07. The Morgan fingerprint density at radius 1 is 1.19 bits per heavy atom. The number of hydrogen-bond acceptors (Lipinski definition) is 4. The van der Waals surface area contributed by atoms with E-state index in [0.717, 1.165) is 23.4 Å². The smallest absolute Gasteiger partial charge is 0.180 e. The predicted molar refractivity (Wildman–Crippen MR) is 86.7 cm³/mol.